The topological polar surface area (TPSA) is 70.1 Å². The van der Waals surface area contributed by atoms with E-state index in [-0.39, 0.29) is 17.9 Å². The molecule has 1 saturated heterocycles. The lowest BCUT2D eigenvalue weighted by Gasteiger charge is -2.26. The molecule has 0 spiro atoms. The predicted octanol–water partition coefficient (Wildman–Crippen LogP) is 4.70. The first-order chi connectivity index (χ1) is 17.3. The number of likely N-dealkylation sites (tertiary alicyclic amines) is 1. The Hall–Kier alpha value is -3.97. The van der Waals surface area contributed by atoms with Crippen LogP contribution in [0.1, 0.15) is 28.3 Å². The molecule has 186 valence electrons. The minimum absolute atomic E-state index is 0.0114. The lowest BCUT2D eigenvalue weighted by atomic mass is 9.94. The maximum atomic E-state index is 13.6. The van der Waals surface area contributed by atoms with Gasteiger partial charge in [-0.15, -0.1) is 0 Å². The number of benzene rings is 3. The zero-order valence-electron chi connectivity index (χ0n) is 20.6. The number of hydrogen-bond donors (Lipinski definition) is 1. The molecule has 1 N–H and O–H groups in total. The standard InChI is InChI=1S/C29H29FN2O4/c1-19-17-22(11-14-24(19)36-18-20-7-5-4-6-8-20)27(33)25-26(21-9-12-23(30)13-10-21)32(16-15-31(2)3)29(35)28(25)34/h4-14,17,26,33H,15-16,18H2,1-3H3/t26-/m1/s1. The molecule has 0 aromatic heterocycles. The van der Waals surface area contributed by atoms with Gasteiger partial charge in [0.15, 0.2) is 0 Å². The first-order valence-corrected chi connectivity index (χ1v) is 11.7. The van der Waals surface area contributed by atoms with E-state index in [1.54, 1.807) is 18.2 Å². The minimum Gasteiger partial charge on any atom is -0.507 e. The fourth-order valence-corrected chi connectivity index (χ4v) is 4.26. The summed E-state index contributed by atoms with van der Waals surface area (Å²) >= 11 is 0. The second-order valence-electron chi connectivity index (χ2n) is 9.10. The number of aliphatic hydroxyl groups excluding tert-OH is 1. The summed E-state index contributed by atoms with van der Waals surface area (Å²) in [5.74, 6) is -1.50. The summed E-state index contributed by atoms with van der Waals surface area (Å²) < 4.78 is 19.6. The summed E-state index contributed by atoms with van der Waals surface area (Å²) in [5.41, 5.74) is 2.74. The number of aryl methyl sites for hydroxylation is 1. The van der Waals surface area contributed by atoms with Gasteiger partial charge in [-0.25, -0.2) is 4.39 Å². The number of nitrogens with zero attached hydrogens (tertiary/aromatic N) is 2. The Morgan fingerprint density at radius 1 is 1.03 bits per heavy atom. The molecule has 0 aliphatic carbocycles. The Balaban J connectivity index is 1.69. The zero-order valence-corrected chi connectivity index (χ0v) is 20.6. The van der Waals surface area contributed by atoms with Crippen molar-refractivity contribution in [2.45, 2.75) is 19.6 Å². The van der Waals surface area contributed by atoms with Gasteiger partial charge in [-0.2, -0.15) is 0 Å². The molecule has 0 radical (unpaired) electrons. The van der Waals surface area contributed by atoms with Gasteiger partial charge in [0.05, 0.1) is 11.6 Å². The number of amides is 1. The third-order valence-corrected chi connectivity index (χ3v) is 6.20. The van der Waals surface area contributed by atoms with E-state index in [0.717, 1.165) is 11.1 Å². The Morgan fingerprint density at radius 3 is 2.36 bits per heavy atom. The highest BCUT2D eigenvalue weighted by Crippen LogP contribution is 2.39. The van der Waals surface area contributed by atoms with Crippen molar-refractivity contribution in [3.8, 4) is 5.75 Å². The number of halogens is 1. The molecule has 0 saturated carbocycles. The molecule has 3 aromatic rings. The molecule has 1 heterocycles. The molecule has 1 aliphatic rings. The molecule has 1 fully saturated rings. The summed E-state index contributed by atoms with van der Waals surface area (Å²) in [6.45, 7) is 3.05. The Kier molecular flexibility index (Phi) is 7.50. The van der Waals surface area contributed by atoms with E-state index < -0.39 is 23.5 Å². The maximum absolute atomic E-state index is 13.6. The van der Waals surface area contributed by atoms with Crippen LogP contribution in [0.4, 0.5) is 4.39 Å². The lowest BCUT2D eigenvalue weighted by Crippen LogP contribution is -2.35. The number of carbonyl (C=O) groups is 2. The molecule has 7 heteroatoms. The number of likely N-dealkylation sites (N-methyl/N-ethyl adjacent to an activating group) is 1. The average molecular weight is 489 g/mol. The van der Waals surface area contributed by atoms with Crippen LogP contribution in [0, 0.1) is 12.7 Å². The average Bonchev–Trinajstić information content (AvgIpc) is 3.12. The number of Topliss-reactive ketones (excluding diaryl/α,β-unsaturated/α-hetero) is 1. The summed E-state index contributed by atoms with van der Waals surface area (Å²) in [6.07, 6.45) is 0. The van der Waals surface area contributed by atoms with Crippen molar-refractivity contribution in [2.24, 2.45) is 0 Å². The molecule has 36 heavy (non-hydrogen) atoms. The van der Waals surface area contributed by atoms with Crippen LogP contribution in [0.3, 0.4) is 0 Å². The van der Waals surface area contributed by atoms with Crippen molar-refractivity contribution in [1.82, 2.24) is 9.80 Å². The fraction of sp³-hybridized carbons (Fsp3) is 0.241. The molecule has 1 atom stereocenters. The van der Waals surface area contributed by atoms with Crippen molar-refractivity contribution in [3.63, 3.8) is 0 Å². The highest BCUT2D eigenvalue weighted by molar-refractivity contribution is 6.46. The van der Waals surface area contributed by atoms with Crippen LogP contribution in [-0.2, 0) is 16.2 Å². The van der Waals surface area contributed by atoms with E-state index in [9.17, 15) is 19.1 Å². The van der Waals surface area contributed by atoms with E-state index in [1.807, 2.05) is 56.3 Å². The van der Waals surface area contributed by atoms with Crippen LogP contribution in [0.5, 0.6) is 5.75 Å². The van der Waals surface area contributed by atoms with E-state index in [2.05, 4.69) is 0 Å². The predicted molar refractivity (Wildman–Crippen MR) is 136 cm³/mol. The largest absolute Gasteiger partial charge is 0.507 e. The van der Waals surface area contributed by atoms with Crippen molar-refractivity contribution < 1.29 is 23.8 Å². The molecule has 0 bridgehead atoms. The molecule has 0 unspecified atom stereocenters. The Bertz CT molecular complexity index is 1290. The highest BCUT2D eigenvalue weighted by Gasteiger charge is 2.45. The first-order valence-electron chi connectivity index (χ1n) is 11.7. The van der Waals surface area contributed by atoms with Crippen LogP contribution in [0.25, 0.3) is 5.76 Å². The third-order valence-electron chi connectivity index (χ3n) is 6.20. The Labute approximate surface area is 210 Å². The quantitative estimate of drug-likeness (QED) is 0.283. The van der Waals surface area contributed by atoms with Gasteiger partial charge in [0, 0.05) is 18.7 Å². The summed E-state index contributed by atoms with van der Waals surface area (Å²) in [4.78, 5) is 29.4. The van der Waals surface area contributed by atoms with E-state index in [0.29, 0.717) is 30.0 Å². The van der Waals surface area contributed by atoms with Crippen molar-refractivity contribution in [1.29, 1.82) is 0 Å². The number of ketones is 1. The van der Waals surface area contributed by atoms with Crippen LogP contribution in [-0.4, -0.2) is 53.8 Å². The van der Waals surface area contributed by atoms with Gasteiger partial charge in [0.25, 0.3) is 11.7 Å². The van der Waals surface area contributed by atoms with Gasteiger partial charge < -0.3 is 19.6 Å². The highest BCUT2D eigenvalue weighted by atomic mass is 19.1. The summed E-state index contributed by atoms with van der Waals surface area (Å²) in [7, 11) is 3.74. The van der Waals surface area contributed by atoms with Gasteiger partial charge in [-0.05, 0) is 68.0 Å². The molecule has 1 amide bonds. The third kappa shape index (κ3) is 5.31. The minimum atomic E-state index is -0.820. The number of aliphatic hydroxyl groups is 1. The van der Waals surface area contributed by atoms with Gasteiger partial charge in [0.2, 0.25) is 0 Å². The lowest BCUT2D eigenvalue weighted by molar-refractivity contribution is -0.140. The van der Waals surface area contributed by atoms with Gasteiger partial charge in [-0.3, -0.25) is 9.59 Å². The normalized spacial score (nSPS) is 17.1. The Morgan fingerprint density at radius 2 is 1.72 bits per heavy atom. The van der Waals surface area contributed by atoms with Gasteiger partial charge >= 0.3 is 0 Å². The molecule has 3 aromatic carbocycles. The first kappa shape index (κ1) is 25.1. The van der Waals surface area contributed by atoms with Crippen LogP contribution >= 0.6 is 0 Å². The van der Waals surface area contributed by atoms with E-state index >= 15 is 0 Å². The van der Waals surface area contributed by atoms with Gasteiger partial charge in [0.1, 0.15) is 23.9 Å². The second-order valence-corrected chi connectivity index (χ2v) is 9.10. The fourth-order valence-electron chi connectivity index (χ4n) is 4.26. The SMILES string of the molecule is Cc1cc(C(O)=C2C(=O)C(=O)N(CCN(C)C)[C@@H]2c2ccc(F)cc2)ccc1OCc1ccccc1. The number of ether oxygens (including phenoxy) is 1. The molecule has 4 rings (SSSR count). The molecular weight excluding hydrogens is 459 g/mol. The van der Waals surface area contributed by atoms with Gasteiger partial charge in [-0.1, -0.05) is 42.5 Å². The maximum Gasteiger partial charge on any atom is 0.295 e. The number of rotatable bonds is 8. The number of carbonyl (C=O) groups excluding carboxylic acids is 2. The van der Waals surface area contributed by atoms with Crippen molar-refractivity contribution >= 4 is 17.4 Å². The summed E-state index contributed by atoms with van der Waals surface area (Å²) in [6, 6.07) is 19.7. The molecular formula is C29H29FN2O4. The monoisotopic (exact) mass is 488 g/mol. The van der Waals surface area contributed by atoms with Crippen LogP contribution in [0.15, 0.2) is 78.4 Å². The van der Waals surface area contributed by atoms with Crippen molar-refractivity contribution in [2.75, 3.05) is 27.2 Å². The molecule has 6 nitrogen and oxygen atoms in total. The molecule has 1 aliphatic heterocycles. The zero-order chi connectivity index (χ0) is 25.8. The van der Waals surface area contributed by atoms with E-state index in [4.69, 9.17) is 4.74 Å². The number of hydrogen-bond acceptors (Lipinski definition) is 5. The van der Waals surface area contributed by atoms with Crippen molar-refractivity contribution in [3.05, 3.63) is 106 Å². The summed E-state index contributed by atoms with van der Waals surface area (Å²) in [5, 5.41) is 11.3. The second kappa shape index (κ2) is 10.7. The van der Waals surface area contributed by atoms with E-state index in [1.165, 1.54) is 29.2 Å². The smallest absolute Gasteiger partial charge is 0.295 e. The van der Waals surface area contributed by atoms with Crippen LogP contribution in [0.2, 0.25) is 0 Å². The van der Waals surface area contributed by atoms with Crippen LogP contribution < -0.4 is 4.74 Å².